The molecule has 0 aliphatic carbocycles. The summed E-state index contributed by atoms with van der Waals surface area (Å²) < 4.78 is 15.6. The van der Waals surface area contributed by atoms with E-state index in [0.717, 1.165) is 24.1 Å². The van der Waals surface area contributed by atoms with Crippen molar-refractivity contribution in [1.82, 2.24) is 9.78 Å². The minimum atomic E-state index is -0.248. The molecule has 0 radical (unpaired) electrons. The number of halogens is 1. The zero-order valence-electron chi connectivity index (χ0n) is 12.2. The molecule has 0 saturated heterocycles. The van der Waals surface area contributed by atoms with Crippen molar-refractivity contribution in [3.63, 3.8) is 0 Å². The predicted octanol–water partition coefficient (Wildman–Crippen LogP) is 3.93. The minimum absolute atomic E-state index is 0.248. The van der Waals surface area contributed by atoms with E-state index in [-0.39, 0.29) is 5.82 Å². The van der Waals surface area contributed by atoms with Crippen molar-refractivity contribution < 1.29 is 4.39 Å². The number of aryl methyl sites for hydroxylation is 2. The van der Waals surface area contributed by atoms with Gasteiger partial charge in [0, 0.05) is 18.2 Å². The number of anilines is 1. The highest BCUT2D eigenvalue weighted by Gasteiger charge is 2.17. The number of aromatic nitrogens is 2. The van der Waals surface area contributed by atoms with Crippen LogP contribution in [0.1, 0.15) is 38.3 Å². The second-order valence-corrected chi connectivity index (χ2v) is 5.12. The van der Waals surface area contributed by atoms with Crippen molar-refractivity contribution in [3.8, 4) is 11.1 Å². The van der Waals surface area contributed by atoms with Gasteiger partial charge < -0.3 is 5.73 Å². The molecule has 1 aromatic heterocycles. The number of hydrogen-bond donors (Lipinski definition) is 1. The van der Waals surface area contributed by atoms with Crippen LogP contribution in [0.3, 0.4) is 0 Å². The maximum Gasteiger partial charge on any atom is 0.131 e. The van der Waals surface area contributed by atoms with Crippen molar-refractivity contribution in [3.05, 3.63) is 35.8 Å². The van der Waals surface area contributed by atoms with E-state index in [1.54, 1.807) is 23.9 Å². The Balaban J connectivity index is 2.30. The molecular formula is C16H22FN3. The first-order valence-electron chi connectivity index (χ1n) is 7.21. The molecule has 0 aliphatic heterocycles. The third-order valence-electron chi connectivity index (χ3n) is 3.57. The van der Waals surface area contributed by atoms with Crippen LogP contribution in [-0.2, 0) is 13.5 Å². The zero-order valence-corrected chi connectivity index (χ0v) is 12.2. The van der Waals surface area contributed by atoms with Crippen molar-refractivity contribution in [2.45, 2.75) is 39.0 Å². The maximum atomic E-state index is 14.0. The van der Waals surface area contributed by atoms with Gasteiger partial charge in [0.05, 0.1) is 5.69 Å². The molecule has 0 aliphatic rings. The summed E-state index contributed by atoms with van der Waals surface area (Å²) in [6, 6.07) is 6.74. The Bertz CT molecular complexity index is 575. The van der Waals surface area contributed by atoms with Crippen LogP contribution < -0.4 is 5.73 Å². The monoisotopic (exact) mass is 275 g/mol. The van der Waals surface area contributed by atoms with Crippen LogP contribution in [0.5, 0.6) is 0 Å². The Hall–Kier alpha value is -1.84. The average molecular weight is 275 g/mol. The van der Waals surface area contributed by atoms with Gasteiger partial charge in [-0.1, -0.05) is 44.4 Å². The standard InChI is InChI=1S/C16H22FN3/c1-3-4-5-6-11-14-15(16(18)20(2)19-14)12-9-7-8-10-13(12)17/h7-10H,3-6,11,18H2,1-2H3. The topological polar surface area (TPSA) is 43.8 Å². The number of nitrogens with zero attached hydrogens (tertiary/aromatic N) is 2. The van der Waals surface area contributed by atoms with Crippen LogP contribution in [0.15, 0.2) is 24.3 Å². The Labute approximate surface area is 119 Å². The highest BCUT2D eigenvalue weighted by molar-refractivity contribution is 5.77. The molecule has 2 rings (SSSR count). The summed E-state index contributed by atoms with van der Waals surface area (Å²) in [7, 11) is 1.80. The van der Waals surface area contributed by atoms with Gasteiger partial charge in [0.1, 0.15) is 11.6 Å². The third kappa shape index (κ3) is 3.00. The quantitative estimate of drug-likeness (QED) is 0.812. The fourth-order valence-corrected chi connectivity index (χ4v) is 2.45. The number of nitrogens with two attached hydrogens (primary N) is 1. The Morgan fingerprint density at radius 3 is 2.65 bits per heavy atom. The van der Waals surface area contributed by atoms with Crippen LogP contribution in [0.25, 0.3) is 11.1 Å². The molecule has 3 nitrogen and oxygen atoms in total. The van der Waals surface area contributed by atoms with Crippen LogP contribution in [0, 0.1) is 5.82 Å². The lowest BCUT2D eigenvalue weighted by Gasteiger charge is -2.05. The van der Waals surface area contributed by atoms with Crippen molar-refractivity contribution in [1.29, 1.82) is 0 Å². The van der Waals surface area contributed by atoms with Crippen molar-refractivity contribution in [2.24, 2.45) is 7.05 Å². The second-order valence-electron chi connectivity index (χ2n) is 5.12. The van der Waals surface area contributed by atoms with Crippen LogP contribution >= 0.6 is 0 Å². The smallest absolute Gasteiger partial charge is 0.131 e. The first kappa shape index (κ1) is 14.6. The van der Waals surface area contributed by atoms with Crippen molar-refractivity contribution in [2.75, 3.05) is 5.73 Å². The van der Waals surface area contributed by atoms with Crippen LogP contribution in [-0.4, -0.2) is 9.78 Å². The number of hydrogen-bond acceptors (Lipinski definition) is 2. The summed E-state index contributed by atoms with van der Waals surface area (Å²) in [5.41, 5.74) is 8.26. The van der Waals surface area contributed by atoms with Crippen molar-refractivity contribution >= 4 is 5.82 Å². The SMILES string of the molecule is CCCCCCc1nn(C)c(N)c1-c1ccccc1F. The molecule has 0 spiro atoms. The van der Waals surface area contributed by atoms with Crippen LogP contribution in [0.2, 0.25) is 0 Å². The van der Waals surface area contributed by atoms with Gasteiger partial charge in [0.2, 0.25) is 0 Å². The average Bonchev–Trinajstić information content (AvgIpc) is 2.71. The number of unbranched alkanes of at least 4 members (excludes halogenated alkanes) is 3. The second kappa shape index (κ2) is 6.55. The molecule has 1 aromatic carbocycles. The molecule has 20 heavy (non-hydrogen) atoms. The summed E-state index contributed by atoms with van der Waals surface area (Å²) in [6.45, 7) is 2.18. The van der Waals surface area contributed by atoms with Gasteiger partial charge in [-0.3, -0.25) is 4.68 Å². The molecule has 0 fully saturated rings. The molecule has 0 saturated carbocycles. The lowest BCUT2D eigenvalue weighted by molar-refractivity contribution is 0.630. The highest BCUT2D eigenvalue weighted by atomic mass is 19.1. The lowest BCUT2D eigenvalue weighted by atomic mass is 10.0. The summed E-state index contributed by atoms with van der Waals surface area (Å²) in [6.07, 6.45) is 5.49. The Kier molecular flexibility index (Phi) is 4.77. The molecule has 108 valence electrons. The van der Waals surface area contributed by atoms with E-state index in [0.29, 0.717) is 11.4 Å². The molecule has 0 unspecified atom stereocenters. The van der Waals surface area contributed by atoms with Crippen LogP contribution in [0.4, 0.5) is 10.2 Å². The molecule has 2 aromatic rings. The van der Waals surface area contributed by atoms with Gasteiger partial charge in [-0.15, -0.1) is 0 Å². The van der Waals surface area contributed by atoms with E-state index < -0.39 is 0 Å². The zero-order chi connectivity index (χ0) is 14.5. The maximum absolute atomic E-state index is 14.0. The fraction of sp³-hybridized carbons (Fsp3) is 0.438. The number of nitrogen functional groups attached to an aromatic ring is 1. The van der Waals surface area contributed by atoms with E-state index in [2.05, 4.69) is 12.0 Å². The Morgan fingerprint density at radius 2 is 1.95 bits per heavy atom. The van der Waals surface area contributed by atoms with Gasteiger partial charge >= 0.3 is 0 Å². The lowest BCUT2D eigenvalue weighted by Crippen LogP contribution is -1.98. The van der Waals surface area contributed by atoms with E-state index in [1.165, 1.54) is 25.3 Å². The normalized spacial score (nSPS) is 10.9. The summed E-state index contributed by atoms with van der Waals surface area (Å²) >= 11 is 0. The van der Waals surface area contributed by atoms with E-state index in [4.69, 9.17) is 5.73 Å². The molecule has 0 atom stereocenters. The van der Waals surface area contributed by atoms with Gasteiger partial charge in [-0.25, -0.2) is 4.39 Å². The molecule has 2 N–H and O–H groups in total. The first-order chi connectivity index (χ1) is 9.65. The first-order valence-corrected chi connectivity index (χ1v) is 7.21. The molecule has 1 heterocycles. The minimum Gasteiger partial charge on any atom is -0.383 e. The third-order valence-corrected chi connectivity index (χ3v) is 3.57. The van der Waals surface area contributed by atoms with E-state index in [9.17, 15) is 4.39 Å². The number of rotatable bonds is 6. The largest absolute Gasteiger partial charge is 0.383 e. The van der Waals surface area contributed by atoms with E-state index >= 15 is 0 Å². The fourth-order valence-electron chi connectivity index (χ4n) is 2.45. The summed E-state index contributed by atoms with van der Waals surface area (Å²) in [5.74, 6) is 0.280. The summed E-state index contributed by atoms with van der Waals surface area (Å²) in [5, 5.41) is 4.45. The van der Waals surface area contributed by atoms with Gasteiger partial charge in [0.15, 0.2) is 0 Å². The molecule has 0 amide bonds. The van der Waals surface area contributed by atoms with Gasteiger partial charge in [-0.2, -0.15) is 5.10 Å². The predicted molar refractivity (Wildman–Crippen MR) is 80.9 cm³/mol. The van der Waals surface area contributed by atoms with Gasteiger partial charge in [0.25, 0.3) is 0 Å². The molecular weight excluding hydrogens is 253 g/mol. The van der Waals surface area contributed by atoms with Gasteiger partial charge in [-0.05, 0) is 18.9 Å². The number of benzene rings is 1. The molecule has 0 bridgehead atoms. The molecule has 4 heteroatoms. The summed E-state index contributed by atoms with van der Waals surface area (Å²) in [4.78, 5) is 0. The van der Waals surface area contributed by atoms with E-state index in [1.807, 2.05) is 6.07 Å². The Morgan fingerprint density at radius 1 is 1.20 bits per heavy atom. The highest BCUT2D eigenvalue weighted by Crippen LogP contribution is 2.32.